The highest BCUT2D eigenvalue weighted by molar-refractivity contribution is 7.79. The summed E-state index contributed by atoms with van der Waals surface area (Å²) in [7, 11) is 2.20. The van der Waals surface area contributed by atoms with Gasteiger partial charge in [0.15, 0.2) is 0 Å². The van der Waals surface area contributed by atoms with Gasteiger partial charge in [0, 0.05) is 54.7 Å². The number of hydrogen-bond donors (Lipinski definition) is 2. The number of hydrogen-bond acceptors (Lipinski definition) is 3. The predicted octanol–water partition coefficient (Wildman–Crippen LogP) is 3.29. The summed E-state index contributed by atoms with van der Waals surface area (Å²) in [6.45, 7) is 6.46. The van der Waals surface area contributed by atoms with Crippen LogP contribution in [0.1, 0.15) is 37.3 Å². The topological polar surface area (TPSA) is 40.5 Å². The van der Waals surface area contributed by atoms with Crippen molar-refractivity contribution in [2.75, 3.05) is 26.7 Å². The van der Waals surface area contributed by atoms with E-state index in [2.05, 4.69) is 58.9 Å². The summed E-state index contributed by atoms with van der Waals surface area (Å²) in [4.78, 5) is 16.9. The maximum Gasteiger partial charge on any atom is 0.317 e. The van der Waals surface area contributed by atoms with Crippen LogP contribution in [0.3, 0.4) is 0 Å². The molecule has 1 aliphatic carbocycles. The number of thiol groups is 1. The minimum atomic E-state index is 0.0628. The van der Waals surface area contributed by atoms with Crippen LogP contribution in [-0.4, -0.2) is 59.2 Å². The molecule has 1 aliphatic heterocycles. The van der Waals surface area contributed by atoms with Gasteiger partial charge in [-0.2, -0.15) is 12.6 Å². The van der Waals surface area contributed by atoms with Gasteiger partial charge in [0.2, 0.25) is 0 Å². The third-order valence-electron chi connectivity index (χ3n) is 6.45. The van der Waals surface area contributed by atoms with E-state index in [0.29, 0.717) is 17.8 Å². The smallest absolute Gasteiger partial charge is 0.317 e. The van der Waals surface area contributed by atoms with Crippen LogP contribution in [-0.2, 0) is 12.3 Å². The second-order valence-corrected chi connectivity index (χ2v) is 8.16. The van der Waals surface area contributed by atoms with Crippen molar-refractivity contribution in [1.29, 1.82) is 0 Å². The third-order valence-corrected chi connectivity index (χ3v) is 6.76. The van der Waals surface area contributed by atoms with E-state index in [0.717, 1.165) is 32.5 Å². The molecule has 4 rings (SSSR count). The molecule has 2 heterocycles. The Morgan fingerprint density at radius 3 is 2.81 bits per heavy atom. The van der Waals surface area contributed by atoms with Crippen LogP contribution in [0.4, 0.5) is 4.79 Å². The molecule has 1 aromatic heterocycles. The van der Waals surface area contributed by atoms with Crippen molar-refractivity contribution in [3.05, 3.63) is 35.5 Å². The van der Waals surface area contributed by atoms with E-state index >= 15 is 0 Å². The van der Waals surface area contributed by atoms with E-state index in [1.807, 2.05) is 18.7 Å². The van der Waals surface area contributed by atoms with Crippen molar-refractivity contribution in [1.82, 2.24) is 19.7 Å². The van der Waals surface area contributed by atoms with Crippen LogP contribution < -0.4 is 5.32 Å². The maximum absolute atomic E-state index is 12.6. The first kappa shape index (κ1) is 18.7. The summed E-state index contributed by atoms with van der Waals surface area (Å²) in [5, 5.41) is 4.70. The van der Waals surface area contributed by atoms with Crippen LogP contribution in [0, 0.1) is 0 Å². The summed E-state index contributed by atoms with van der Waals surface area (Å²) in [6.07, 6.45) is 4.36. The number of aromatic nitrogens is 1. The zero-order valence-corrected chi connectivity index (χ0v) is 17.4. The second-order valence-electron chi connectivity index (χ2n) is 7.88. The first-order valence-corrected chi connectivity index (χ1v) is 10.7. The number of likely N-dealkylation sites (tertiary alicyclic amines) is 1. The molecule has 0 radical (unpaired) electrons. The Morgan fingerprint density at radius 2 is 2.11 bits per heavy atom. The molecule has 1 saturated heterocycles. The summed E-state index contributed by atoms with van der Waals surface area (Å²) in [5.41, 5.74) is 4.16. The molecule has 0 spiro atoms. The van der Waals surface area contributed by atoms with Crippen molar-refractivity contribution >= 4 is 29.6 Å². The Bertz CT molecular complexity index is 844. The third kappa shape index (κ3) is 3.13. The highest BCUT2D eigenvalue weighted by atomic mass is 32.1. The second kappa shape index (κ2) is 7.40. The molecular weight excluding hydrogens is 356 g/mol. The number of urea groups is 1. The molecule has 2 amide bonds. The number of rotatable bonds is 4. The molecule has 27 heavy (non-hydrogen) atoms. The van der Waals surface area contributed by atoms with E-state index in [1.54, 1.807) is 0 Å². The maximum atomic E-state index is 12.6. The standard InChI is InChI=1S/C21H30N4OS/c1-4-24(5-2)21(26)22-15-10-17-16-7-6-8-18-20(16)14(11-25(18)13-27)9-19(17)23(3)12-15/h6-8,11,15,17,19,27H,4-5,9-10,12-13H2,1-3H3,(H,22,26)/t15?,17-,19-/m1/s1. The molecule has 1 N–H and O–H groups in total. The van der Waals surface area contributed by atoms with Gasteiger partial charge >= 0.3 is 6.03 Å². The monoisotopic (exact) mass is 386 g/mol. The van der Waals surface area contributed by atoms with E-state index in [9.17, 15) is 4.79 Å². The Hall–Kier alpha value is -1.66. The quantitative estimate of drug-likeness (QED) is 0.792. The van der Waals surface area contributed by atoms with Gasteiger partial charge in [-0.25, -0.2) is 4.79 Å². The van der Waals surface area contributed by atoms with Crippen molar-refractivity contribution < 1.29 is 4.79 Å². The van der Waals surface area contributed by atoms with Gasteiger partial charge in [0.05, 0.1) is 5.88 Å². The Labute approximate surface area is 167 Å². The fourth-order valence-corrected chi connectivity index (χ4v) is 5.35. The first-order valence-electron chi connectivity index (χ1n) is 10.0. The minimum Gasteiger partial charge on any atom is -0.338 e. The normalized spacial score (nSPS) is 24.7. The number of fused-ring (bicyclic) bond motifs is 2. The zero-order chi connectivity index (χ0) is 19.1. The van der Waals surface area contributed by atoms with Gasteiger partial charge in [-0.3, -0.25) is 0 Å². The number of likely N-dealkylation sites (N-methyl/N-ethyl adjacent to an activating group) is 1. The average Bonchev–Trinajstić information content (AvgIpc) is 3.03. The molecule has 1 aromatic carbocycles. The fourth-order valence-electron chi connectivity index (χ4n) is 5.12. The Morgan fingerprint density at radius 1 is 1.33 bits per heavy atom. The van der Waals surface area contributed by atoms with Crippen LogP contribution in [0.25, 0.3) is 10.9 Å². The van der Waals surface area contributed by atoms with E-state index in [-0.39, 0.29) is 12.1 Å². The largest absolute Gasteiger partial charge is 0.338 e. The van der Waals surface area contributed by atoms with Crippen molar-refractivity contribution in [3.63, 3.8) is 0 Å². The average molecular weight is 387 g/mol. The lowest BCUT2D eigenvalue weighted by molar-refractivity contribution is 0.124. The highest BCUT2D eigenvalue weighted by Gasteiger charge is 2.40. The van der Waals surface area contributed by atoms with Crippen LogP contribution in [0.2, 0.25) is 0 Å². The SMILES string of the molecule is CCN(CC)C(=O)NC1C[C@@H]2c3cccc4c3c(cn4CS)C[C@H]2N(C)C1. The van der Waals surface area contributed by atoms with Gasteiger partial charge in [-0.05, 0) is 50.9 Å². The summed E-state index contributed by atoms with van der Waals surface area (Å²) in [6, 6.07) is 7.40. The van der Waals surface area contributed by atoms with Crippen LogP contribution >= 0.6 is 12.6 Å². The summed E-state index contributed by atoms with van der Waals surface area (Å²) in [5.74, 6) is 1.16. The lowest BCUT2D eigenvalue weighted by atomic mass is 9.74. The fraction of sp³-hybridized carbons (Fsp3) is 0.571. The van der Waals surface area contributed by atoms with Crippen molar-refractivity contribution in [2.24, 2.45) is 0 Å². The minimum absolute atomic E-state index is 0.0628. The molecule has 6 heteroatoms. The number of carbonyl (C=O) groups excluding carboxylic acids is 1. The Balaban J connectivity index is 1.64. The van der Waals surface area contributed by atoms with Crippen molar-refractivity contribution in [2.45, 2.75) is 50.6 Å². The van der Waals surface area contributed by atoms with Gasteiger partial charge in [0.25, 0.3) is 0 Å². The zero-order valence-electron chi connectivity index (χ0n) is 16.5. The Kier molecular flexibility index (Phi) is 5.12. The number of piperidine rings is 1. The molecule has 1 fully saturated rings. The van der Waals surface area contributed by atoms with E-state index < -0.39 is 0 Å². The van der Waals surface area contributed by atoms with E-state index in [1.165, 1.54) is 22.0 Å². The molecular formula is C21H30N4OS. The van der Waals surface area contributed by atoms with Gasteiger partial charge in [-0.15, -0.1) is 0 Å². The number of amides is 2. The van der Waals surface area contributed by atoms with Crippen LogP contribution in [0.5, 0.6) is 0 Å². The summed E-state index contributed by atoms with van der Waals surface area (Å²) >= 11 is 4.50. The molecule has 3 atom stereocenters. The lowest BCUT2D eigenvalue weighted by Gasteiger charge is -2.45. The van der Waals surface area contributed by atoms with Gasteiger partial charge < -0.3 is 19.7 Å². The molecule has 0 bridgehead atoms. The number of nitrogens with one attached hydrogen (secondary N) is 1. The number of nitrogens with zero attached hydrogens (tertiary/aromatic N) is 3. The highest BCUT2D eigenvalue weighted by Crippen LogP contribution is 2.43. The molecule has 0 saturated carbocycles. The number of benzene rings is 1. The first-order chi connectivity index (χ1) is 13.1. The van der Waals surface area contributed by atoms with E-state index in [4.69, 9.17) is 0 Å². The molecule has 2 aliphatic rings. The molecule has 2 aromatic rings. The number of carbonyl (C=O) groups is 1. The van der Waals surface area contributed by atoms with Crippen molar-refractivity contribution in [3.8, 4) is 0 Å². The van der Waals surface area contributed by atoms with Gasteiger partial charge in [-0.1, -0.05) is 12.1 Å². The predicted molar refractivity (Wildman–Crippen MR) is 114 cm³/mol. The molecule has 146 valence electrons. The van der Waals surface area contributed by atoms with Gasteiger partial charge in [0.1, 0.15) is 0 Å². The molecule has 1 unspecified atom stereocenters. The molecule has 5 nitrogen and oxygen atoms in total. The summed E-state index contributed by atoms with van der Waals surface area (Å²) < 4.78 is 2.24. The lowest BCUT2D eigenvalue weighted by Crippen LogP contribution is -2.56. The van der Waals surface area contributed by atoms with Crippen LogP contribution in [0.15, 0.2) is 24.4 Å².